The number of benzene rings is 1. The maximum Gasteiger partial charge on any atom is 0.244 e. The number of nitrogens with one attached hydrogen (secondary N) is 1. The Morgan fingerprint density at radius 2 is 2.14 bits per heavy atom. The number of anilines is 2. The van der Waals surface area contributed by atoms with Crippen molar-refractivity contribution in [1.29, 1.82) is 0 Å². The van der Waals surface area contributed by atoms with Crippen LogP contribution in [0.1, 0.15) is 18.3 Å². The summed E-state index contributed by atoms with van der Waals surface area (Å²) in [5.41, 5.74) is 3.23. The highest BCUT2D eigenvalue weighted by molar-refractivity contribution is 6.10. The van der Waals surface area contributed by atoms with Gasteiger partial charge in [-0.15, -0.1) is 0 Å². The number of hydrogen-bond donors (Lipinski definition) is 1. The van der Waals surface area contributed by atoms with Crippen LogP contribution in [0.5, 0.6) is 0 Å². The van der Waals surface area contributed by atoms with Crippen molar-refractivity contribution in [2.75, 3.05) is 16.8 Å². The van der Waals surface area contributed by atoms with Gasteiger partial charge in [0.1, 0.15) is 6.54 Å². The van der Waals surface area contributed by atoms with Crippen molar-refractivity contribution in [3.8, 4) is 0 Å². The number of carbonyl (C=O) groups is 2. The molecule has 1 aliphatic rings. The van der Waals surface area contributed by atoms with Gasteiger partial charge < -0.3 is 10.2 Å². The molecule has 1 N–H and O–H groups in total. The standard InChI is InChI=1S/C16H18N4O2/c1-3-11-8-12(19(2)18-11)9-16(22)20-10-15(21)17-13-6-4-5-7-14(13)20/h4-8H,3,9-10H2,1-2H3,(H,17,21). The third kappa shape index (κ3) is 2.59. The second-order valence-corrected chi connectivity index (χ2v) is 5.33. The lowest BCUT2D eigenvalue weighted by Gasteiger charge is -2.29. The van der Waals surface area contributed by atoms with Gasteiger partial charge in [-0.3, -0.25) is 14.3 Å². The number of para-hydroxylation sites is 2. The number of fused-ring (bicyclic) bond motifs is 1. The first-order valence-corrected chi connectivity index (χ1v) is 7.29. The largest absolute Gasteiger partial charge is 0.323 e. The van der Waals surface area contributed by atoms with Gasteiger partial charge in [0.2, 0.25) is 11.8 Å². The van der Waals surface area contributed by atoms with Gasteiger partial charge in [-0.2, -0.15) is 5.10 Å². The molecule has 0 spiro atoms. The Morgan fingerprint density at radius 3 is 2.86 bits per heavy atom. The Hall–Kier alpha value is -2.63. The number of carbonyl (C=O) groups excluding carboxylic acids is 2. The predicted octanol–water partition coefficient (Wildman–Crippen LogP) is 1.51. The van der Waals surface area contributed by atoms with Crippen molar-refractivity contribution in [3.05, 3.63) is 41.7 Å². The topological polar surface area (TPSA) is 67.2 Å². The maximum absolute atomic E-state index is 12.6. The van der Waals surface area contributed by atoms with Crippen molar-refractivity contribution in [2.24, 2.45) is 7.05 Å². The normalized spacial score (nSPS) is 13.7. The highest BCUT2D eigenvalue weighted by Crippen LogP contribution is 2.29. The van der Waals surface area contributed by atoms with E-state index in [0.29, 0.717) is 5.69 Å². The lowest BCUT2D eigenvalue weighted by molar-refractivity contribution is -0.121. The Morgan fingerprint density at radius 1 is 1.36 bits per heavy atom. The molecule has 0 atom stereocenters. The van der Waals surface area contributed by atoms with Crippen LogP contribution < -0.4 is 10.2 Å². The Bertz CT molecular complexity index is 735. The average Bonchev–Trinajstić information content (AvgIpc) is 2.86. The Kier molecular flexibility index (Phi) is 3.66. The summed E-state index contributed by atoms with van der Waals surface area (Å²) in [5, 5.41) is 7.14. The van der Waals surface area contributed by atoms with Gasteiger partial charge in [-0.25, -0.2) is 0 Å². The summed E-state index contributed by atoms with van der Waals surface area (Å²) in [5.74, 6) is -0.278. The minimum Gasteiger partial charge on any atom is -0.323 e. The smallest absolute Gasteiger partial charge is 0.244 e. The molecule has 0 fully saturated rings. The van der Waals surface area contributed by atoms with Gasteiger partial charge >= 0.3 is 0 Å². The summed E-state index contributed by atoms with van der Waals surface area (Å²) in [6, 6.07) is 9.27. The van der Waals surface area contributed by atoms with E-state index >= 15 is 0 Å². The molecular formula is C16H18N4O2. The molecule has 0 radical (unpaired) electrons. The van der Waals surface area contributed by atoms with Crippen LogP contribution in [0.15, 0.2) is 30.3 Å². The van der Waals surface area contributed by atoms with E-state index in [2.05, 4.69) is 10.4 Å². The van der Waals surface area contributed by atoms with E-state index in [1.165, 1.54) is 4.90 Å². The second kappa shape index (κ2) is 5.63. The van der Waals surface area contributed by atoms with Gasteiger partial charge in [0.15, 0.2) is 0 Å². The molecule has 0 saturated heterocycles. The molecule has 2 heterocycles. The first kappa shape index (κ1) is 14.3. The van der Waals surface area contributed by atoms with Crippen molar-refractivity contribution < 1.29 is 9.59 Å². The zero-order valence-corrected chi connectivity index (χ0v) is 12.7. The molecule has 22 heavy (non-hydrogen) atoms. The van der Waals surface area contributed by atoms with E-state index in [0.717, 1.165) is 23.5 Å². The lowest BCUT2D eigenvalue weighted by Crippen LogP contribution is -2.43. The summed E-state index contributed by atoms with van der Waals surface area (Å²) >= 11 is 0. The van der Waals surface area contributed by atoms with Crippen LogP contribution in [0, 0.1) is 0 Å². The fraction of sp³-hybridized carbons (Fsp3) is 0.312. The molecule has 3 rings (SSSR count). The molecule has 1 aromatic carbocycles. The molecule has 0 unspecified atom stereocenters. The average molecular weight is 298 g/mol. The molecular weight excluding hydrogens is 280 g/mol. The van der Waals surface area contributed by atoms with Crippen LogP contribution in [0.25, 0.3) is 0 Å². The number of rotatable bonds is 3. The van der Waals surface area contributed by atoms with Crippen molar-refractivity contribution in [2.45, 2.75) is 19.8 Å². The fourth-order valence-corrected chi connectivity index (χ4v) is 2.62. The molecule has 0 bridgehead atoms. The molecule has 6 heteroatoms. The zero-order valence-electron chi connectivity index (χ0n) is 12.7. The third-order valence-electron chi connectivity index (χ3n) is 3.79. The van der Waals surface area contributed by atoms with Crippen LogP contribution in [0.3, 0.4) is 0 Å². The molecule has 1 aromatic heterocycles. The Balaban J connectivity index is 1.86. The summed E-state index contributed by atoms with van der Waals surface area (Å²) in [4.78, 5) is 26.0. The van der Waals surface area contributed by atoms with Crippen molar-refractivity contribution in [1.82, 2.24) is 9.78 Å². The highest BCUT2D eigenvalue weighted by atomic mass is 16.2. The van der Waals surface area contributed by atoms with E-state index in [1.54, 1.807) is 10.7 Å². The van der Waals surface area contributed by atoms with Crippen LogP contribution in [0.4, 0.5) is 11.4 Å². The van der Waals surface area contributed by atoms with Crippen LogP contribution in [0.2, 0.25) is 0 Å². The van der Waals surface area contributed by atoms with Crippen LogP contribution in [-0.2, 0) is 29.5 Å². The molecule has 0 saturated carbocycles. The summed E-state index contributed by atoms with van der Waals surface area (Å²) in [6.45, 7) is 2.08. The number of nitrogens with zero attached hydrogens (tertiary/aromatic N) is 3. The number of hydrogen-bond acceptors (Lipinski definition) is 3. The van der Waals surface area contributed by atoms with Gasteiger partial charge in [-0.1, -0.05) is 19.1 Å². The number of aromatic nitrogens is 2. The second-order valence-electron chi connectivity index (χ2n) is 5.33. The molecule has 2 amide bonds. The monoisotopic (exact) mass is 298 g/mol. The molecule has 6 nitrogen and oxygen atoms in total. The zero-order chi connectivity index (χ0) is 15.7. The van der Waals surface area contributed by atoms with Crippen molar-refractivity contribution in [3.63, 3.8) is 0 Å². The van der Waals surface area contributed by atoms with E-state index < -0.39 is 0 Å². The van der Waals surface area contributed by atoms with E-state index in [-0.39, 0.29) is 24.8 Å². The quantitative estimate of drug-likeness (QED) is 0.934. The lowest BCUT2D eigenvalue weighted by atomic mass is 10.1. The van der Waals surface area contributed by atoms with Crippen LogP contribution in [-0.4, -0.2) is 28.1 Å². The van der Waals surface area contributed by atoms with E-state index in [1.807, 2.05) is 38.2 Å². The summed E-state index contributed by atoms with van der Waals surface area (Å²) in [6.07, 6.45) is 1.06. The third-order valence-corrected chi connectivity index (χ3v) is 3.79. The summed E-state index contributed by atoms with van der Waals surface area (Å²) < 4.78 is 1.73. The van der Waals surface area contributed by atoms with E-state index in [9.17, 15) is 9.59 Å². The first-order chi connectivity index (χ1) is 10.6. The molecule has 2 aromatic rings. The first-order valence-electron chi connectivity index (χ1n) is 7.29. The van der Waals surface area contributed by atoms with E-state index in [4.69, 9.17) is 0 Å². The summed E-state index contributed by atoms with van der Waals surface area (Å²) in [7, 11) is 1.83. The minimum atomic E-state index is -0.175. The molecule has 0 aliphatic carbocycles. The minimum absolute atomic E-state index is 0.0499. The van der Waals surface area contributed by atoms with Gasteiger partial charge in [-0.05, 0) is 24.6 Å². The molecule has 114 valence electrons. The predicted molar refractivity (Wildman–Crippen MR) is 83.7 cm³/mol. The SMILES string of the molecule is CCc1cc(CC(=O)N2CC(=O)Nc3ccccc32)n(C)n1. The number of amides is 2. The highest BCUT2D eigenvalue weighted by Gasteiger charge is 2.27. The van der Waals surface area contributed by atoms with Crippen LogP contribution >= 0.6 is 0 Å². The molecule has 1 aliphatic heterocycles. The Labute approximate surface area is 128 Å². The van der Waals surface area contributed by atoms with Gasteiger partial charge in [0.25, 0.3) is 0 Å². The maximum atomic E-state index is 12.6. The number of aryl methyl sites for hydroxylation is 2. The van der Waals surface area contributed by atoms with Crippen molar-refractivity contribution >= 4 is 23.2 Å². The fourth-order valence-electron chi connectivity index (χ4n) is 2.62. The van der Waals surface area contributed by atoms with Gasteiger partial charge in [0.05, 0.1) is 23.5 Å². The van der Waals surface area contributed by atoms with Gasteiger partial charge in [0, 0.05) is 12.7 Å².